The van der Waals surface area contributed by atoms with Gasteiger partial charge in [-0.05, 0) is 48.0 Å². The summed E-state index contributed by atoms with van der Waals surface area (Å²) < 4.78 is 10.2. The number of non-ortho nitro benzene ring substituents is 1. The van der Waals surface area contributed by atoms with E-state index < -0.39 is 4.92 Å². The van der Waals surface area contributed by atoms with E-state index in [1.54, 1.807) is 49.6 Å². The van der Waals surface area contributed by atoms with Crippen molar-refractivity contribution in [2.45, 2.75) is 6.54 Å². The molecule has 142 valence electrons. The average molecular weight is 380 g/mol. The van der Waals surface area contributed by atoms with Crippen LogP contribution in [-0.2, 0) is 11.3 Å². The van der Waals surface area contributed by atoms with E-state index in [1.165, 1.54) is 18.2 Å². The average Bonchev–Trinajstić information content (AvgIpc) is 3.20. The summed E-state index contributed by atoms with van der Waals surface area (Å²) in [5.41, 5.74) is 1.42. The van der Waals surface area contributed by atoms with E-state index in [-0.39, 0.29) is 24.0 Å². The molecule has 0 radical (unpaired) electrons. The van der Waals surface area contributed by atoms with Crippen molar-refractivity contribution in [1.82, 2.24) is 15.5 Å². The Balaban J connectivity index is 1.54. The fraction of sp³-hybridized carbons (Fsp3) is 0.105. The van der Waals surface area contributed by atoms with Crippen LogP contribution in [0, 0.1) is 10.1 Å². The Bertz CT molecular complexity index is 994. The summed E-state index contributed by atoms with van der Waals surface area (Å²) in [7, 11) is 1.58. The summed E-state index contributed by atoms with van der Waals surface area (Å²) in [6.45, 7) is 0.0760. The van der Waals surface area contributed by atoms with E-state index in [9.17, 15) is 14.9 Å². The lowest BCUT2D eigenvalue weighted by Gasteiger charge is -1.99. The van der Waals surface area contributed by atoms with Gasteiger partial charge in [0.2, 0.25) is 17.6 Å². The summed E-state index contributed by atoms with van der Waals surface area (Å²) in [6, 6.07) is 13.0. The minimum absolute atomic E-state index is 0.00865. The molecule has 0 bridgehead atoms. The summed E-state index contributed by atoms with van der Waals surface area (Å²) in [6.07, 6.45) is 2.87. The number of carbonyl (C=O) groups is 1. The number of carbonyl (C=O) groups excluding carboxylic acids is 1. The molecule has 0 aliphatic carbocycles. The molecule has 0 aliphatic rings. The number of hydrogen-bond donors (Lipinski definition) is 1. The van der Waals surface area contributed by atoms with Crippen molar-refractivity contribution in [2.24, 2.45) is 0 Å². The van der Waals surface area contributed by atoms with Crippen LogP contribution in [0.15, 0.2) is 59.1 Å². The van der Waals surface area contributed by atoms with Gasteiger partial charge in [-0.1, -0.05) is 5.16 Å². The van der Waals surface area contributed by atoms with Crippen LogP contribution in [0.3, 0.4) is 0 Å². The molecule has 3 rings (SSSR count). The molecule has 9 nitrogen and oxygen atoms in total. The number of benzene rings is 2. The Morgan fingerprint density at radius 1 is 1.21 bits per heavy atom. The van der Waals surface area contributed by atoms with Crippen LogP contribution in [0.5, 0.6) is 5.75 Å². The summed E-state index contributed by atoms with van der Waals surface area (Å²) in [5.74, 6) is 1.04. The van der Waals surface area contributed by atoms with Gasteiger partial charge >= 0.3 is 0 Å². The van der Waals surface area contributed by atoms with E-state index in [0.717, 1.165) is 11.3 Å². The van der Waals surface area contributed by atoms with Gasteiger partial charge in [0.25, 0.3) is 5.69 Å². The molecule has 28 heavy (non-hydrogen) atoms. The molecule has 1 aromatic heterocycles. The topological polar surface area (TPSA) is 120 Å². The number of ether oxygens (including phenoxy) is 1. The second kappa shape index (κ2) is 8.58. The minimum atomic E-state index is -0.481. The maximum Gasteiger partial charge on any atom is 0.269 e. The summed E-state index contributed by atoms with van der Waals surface area (Å²) >= 11 is 0. The zero-order valence-electron chi connectivity index (χ0n) is 14.9. The lowest BCUT2D eigenvalue weighted by Crippen LogP contribution is -2.20. The van der Waals surface area contributed by atoms with Crippen LogP contribution in [0.4, 0.5) is 5.69 Å². The Labute approximate surface area is 159 Å². The first-order valence-corrected chi connectivity index (χ1v) is 8.22. The van der Waals surface area contributed by atoms with Gasteiger partial charge in [-0.15, -0.1) is 0 Å². The molecule has 1 heterocycles. The molecule has 9 heteroatoms. The van der Waals surface area contributed by atoms with Crippen molar-refractivity contribution < 1.29 is 19.0 Å². The molecule has 2 aromatic carbocycles. The van der Waals surface area contributed by atoms with E-state index >= 15 is 0 Å². The molecular formula is C19H16N4O5. The van der Waals surface area contributed by atoms with Crippen molar-refractivity contribution in [1.29, 1.82) is 0 Å². The second-order valence-electron chi connectivity index (χ2n) is 5.64. The van der Waals surface area contributed by atoms with Crippen molar-refractivity contribution in [3.63, 3.8) is 0 Å². The van der Waals surface area contributed by atoms with Crippen molar-refractivity contribution >= 4 is 17.7 Å². The Hall–Kier alpha value is -4.01. The molecular weight excluding hydrogens is 364 g/mol. The predicted octanol–water partition coefficient (Wildman–Crippen LogP) is 2.98. The highest BCUT2D eigenvalue weighted by molar-refractivity contribution is 5.91. The van der Waals surface area contributed by atoms with Crippen LogP contribution < -0.4 is 10.1 Å². The number of amides is 1. The number of aromatic nitrogens is 2. The van der Waals surface area contributed by atoms with Crippen LogP contribution in [0.1, 0.15) is 11.5 Å². The largest absolute Gasteiger partial charge is 0.497 e. The molecule has 1 N–H and O–H groups in total. The Morgan fingerprint density at radius 2 is 1.93 bits per heavy atom. The molecule has 3 aromatic rings. The fourth-order valence-corrected chi connectivity index (χ4v) is 2.28. The third-order valence-electron chi connectivity index (χ3n) is 3.76. The highest BCUT2D eigenvalue weighted by atomic mass is 16.6. The van der Waals surface area contributed by atoms with Crippen molar-refractivity contribution in [2.75, 3.05) is 7.11 Å². The molecule has 0 aliphatic heterocycles. The lowest BCUT2D eigenvalue weighted by molar-refractivity contribution is -0.384. The molecule has 0 saturated carbocycles. The van der Waals surface area contributed by atoms with Gasteiger partial charge in [0, 0.05) is 23.8 Å². The monoisotopic (exact) mass is 380 g/mol. The number of nitrogens with one attached hydrogen (secondary N) is 1. The number of nitro benzene ring substituents is 1. The maximum atomic E-state index is 11.9. The van der Waals surface area contributed by atoms with E-state index in [2.05, 4.69) is 15.5 Å². The van der Waals surface area contributed by atoms with Gasteiger partial charge in [-0.25, -0.2) is 0 Å². The first kappa shape index (κ1) is 18.8. The summed E-state index contributed by atoms with van der Waals surface area (Å²) in [4.78, 5) is 26.3. The molecule has 0 unspecified atom stereocenters. The minimum Gasteiger partial charge on any atom is -0.497 e. The molecule has 1 amide bonds. The van der Waals surface area contributed by atoms with Gasteiger partial charge < -0.3 is 14.6 Å². The maximum absolute atomic E-state index is 11.9. The summed E-state index contributed by atoms with van der Waals surface area (Å²) in [5, 5.41) is 17.1. The zero-order valence-corrected chi connectivity index (χ0v) is 14.9. The van der Waals surface area contributed by atoms with Crippen LogP contribution in [0.2, 0.25) is 0 Å². The third-order valence-corrected chi connectivity index (χ3v) is 3.76. The SMILES string of the molecule is COc1ccc(-c2noc(CNC(=O)/C=C/c3ccc([N+](=O)[O-])cc3)n2)cc1. The van der Waals surface area contributed by atoms with E-state index in [4.69, 9.17) is 9.26 Å². The zero-order chi connectivity index (χ0) is 19.9. The van der Waals surface area contributed by atoms with Crippen molar-refractivity contribution in [3.8, 4) is 17.1 Å². The van der Waals surface area contributed by atoms with Gasteiger partial charge in [0.05, 0.1) is 18.6 Å². The number of nitro groups is 1. The van der Waals surface area contributed by atoms with Gasteiger partial charge in [-0.2, -0.15) is 4.98 Å². The highest BCUT2D eigenvalue weighted by Crippen LogP contribution is 2.19. The highest BCUT2D eigenvalue weighted by Gasteiger charge is 2.09. The number of hydrogen-bond acceptors (Lipinski definition) is 7. The first-order chi connectivity index (χ1) is 13.5. The third kappa shape index (κ3) is 4.79. The predicted molar refractivity (Wildman–Crippen MR) is 100 cm³/mol. The molecule has 0 atom stereocenters. The van der Waals surface area contributed by atoms with Crippen molar-refractivity contribution in [3.05, 3.63) is 76.2 Å². The van der Waals surface area contributed by atoms with E-state index in [1.807, 2.05) is 0 Å². The first-order valence-electron chi connectivity index (χ1n) is 8.22. The van der Waals surface area contributed by atoms with Crippen LogP contribution in [0.25, 0.3) is 17.5 Å². The van der Waals surface area contributed by atoms with E-state index in [0.29, 0.717) is 11.4 Å². The number of methoxy groups -OCH3 is 1. The molecule has 0 spiro atoms. The smallest absolute Gasteiger partial charge is 0.269 e. The molecule has 0 fully saturated rings. The Kier molecular flexibility index (Phi) is 5.75. The fourth-order valence-electron chi connectivity index (χ4n) is 2.28. The normalized spacial score (nSPS) is 10.8. The number of nitrogens with zero attached hydrogens (tertiary/aromatic N) is 3. The number of rotatable bonds is 7. The van der Waals surface area contributed by atoms with Crippen LogP contribution >= 0.6 is 0 Å². The van der Waals surface area contributed by atoms with Crippen LogP contribution in [-0.4, -0.2) is 28.1 Å². The second-order valence-corrected chi connectivity index (χ2v) is 5.64. The lowest BCUT2D eigenvalue weighted by atomic mass is 10.2. The quantitative estimate of drug-likeness (QED) is 0.380. The van der Waals surface area contributed by atoms with Gasteiger partial charge in [0.15, 0.2) is 0 Å². The Morgan fingerprint density at radius 3 is 2.57 bits per heavy atom. The standard InChI is InChI=1S/C19H16N4O5/c1-27-16-9-5-14(6-10-16)19-21-18(28-22-19)12-20-17(24)11-4-13-2-7-15(8-3-13)23(25)26/h2-11H,12H2,1H3,(H,20,24)/b11-4+. The molecule has 0 saturated heterocycles. The van der Waals surface area contributed by atoms with Gasteiger partial charge in [0.1, 0.15) is 5.75 Å². The van der Waals surface area contributed by atoms with Gasteiger partial charge in [-0.3, -0.25) is 14.9 Å².